The van der Waals surface area contributed by atoms with Crippen LogP contribution in [0.5, 0.6) is 0 Å². The number of ketones is 2. The van der Waals surface area contributed by atoms with Crippen LogP contribution in [-0.2, 0) is 76.1 Å². The molecule has 0 saturated carbocycles. The molecule has 30 nitrogen and oxygen atoms in total. The van der Waals surface area contributed by atoms with Gasteiger partial charge in [0.25, 0.3) is 0 Å². The Balaban J connectivity index is 0.000000378. The van der Waals surface area contributed by atoms with Gasteiger partial charge in [-0.3, -0.25) is 28.8 Å². The number of rotatable bonds is 27. The lowest BCUT2D eigenvalue weighted by Gasteiger charge is -2.45. The summed E-state index contributed by atoms with van der Waals surface area (Å²) in [6.07, 6.45) is -10.4. The molecule has 582 valence electrons. The highest BCUT2D eigenvalue weighted by Crippen LogP contribution is 2.43. The van der Waals surface area contributed by atoms with Crippen LogP contribution < -0.4 is 0 Å². The molecule has 0 radical (unpaired) electrons. The first-order valence-electron chi connectivity index (χ1n) is 34.3. The lowest BCUT2D eigenvalue weighted by molar-refractivity contribution is -0.355. The SMILES string of the molecule is C/C=C/C=C(C)/C=C/C1=C(C)C(=O)C(OC(=O)CCC(=O)OCC2OC(O)C(O)C(O)C2OC2OC(CO)C(O)C(O)C2O)CC1(C)C.CC(C)=C/C=C/C=C(C)/C=C/C=C(C)/C=C/C1=C(C)C(=O)C(OC(=O)CCC(=O)OCC2OC(O)C(O)C(O)C2OC2OC(CO)C(O)C(O)C2O)CC1(C)C. The average Bonchev–Trinajstić information content (AvgIpc) is 0.809. The van der Waals surface area contributed by atoms with Crippen LogP contribution in [0.4, 0.5) is 0 Å². The maximum absolute atomic E-state index is 13.3. The summed E-state index contributed by atoms with van der Waals surface area (Å²) in [6, 6.07) is 0. The molecule has 104 heavy (non-hydrogen) atoms. The Morgan fingerprint density at radius 1 is 0.442 bits per heavy atom. The van der Waals surface area contributed by atoms with Gasteiger partial charge in [0.1, 0.15) is 111 Å². The van der Waals surface area contributed by atoms with Crippen molar-refractivity contribution in [1.82, 2.24) is 0 Å². The molecule has 0 aromatic heterocycles. The number of allylic oxidation sites excluding steroid dienone is 20. The molecule has 4 fully saturated rings. The van der Waals surface area contributed by atoms with Gasteiger partial charge in [0.05, 0.1) is 38.9 Å². The normalized spacial score (nSPS) is 34.5. The lowest BCUT2D eigenvalue weighted by Crippen LogP contribution is -2.64. The predicted molar refractivity (Wildman–Crippen MR) is 367 cm³/mol. The van der Waals surface area contributed by atoms with Crippen molar-refractivity contribution < 1.29 is 148 Å². The van der Waals surface area contributed by atoms with Gasteiger partial charge in [0.15, 0.2) is 48.9 Å². The van der Waals surface area contributed by atoms with Gasteiger partial charge in [-0.2, -0.15) is 0 Å². The minimum Gasteiger partial charge on any atom is -0.463 e. The lowest BCUT2D eigenvalue weighted by atomic mass is 9.71. The molecule has 0 amide bonds. The smallest absolute Gasteiger partial charge is 0.307 e. The largest absolute Gasteiger partial charge is 0.463 e. The Kier molecular flexibility index (Phi) is 34.3. The molecule has 0 bridgehead atoms. The molecule has 14 N–H and O–H groups in total. The summed E-state index contributed by atoms with van der Waals surface area (Å²) in [4.78, 5) is 77.0. The number of carbonyl (C=O) groups is 6. The molecule has 30 heteroatoms. The topological polar surface area (TPSA) is 478 Å². The summed E-state index contributed by atoms with van der Waals surface area (Å²) < 4.78 is 53.5. The van der Waals surface area contributed by atoms with Crippen LogP contribution in [0.3, 0.4) is 0 Å². The fourth-order valence-corrected chi connectivity index (χ4v) is 12.1. The molecule has 4 heterocycles. The highest BCUT2D eigenvalue weighted by molar-refractivity contribution is 6.02. The Labute approximate surface area is 604 Å². The van der Waals surface area contributed by atoms with E-state index in [2.05, 4.69) is 0 Å². The van der Waals surface area contributed by atoms with Crippen molar-refractivity contribution in [2.24, 2.45) is 10.8 Å². The number of hydrogen-bond acceptors (Lipinski definition) is 30. The van der Waals surface area contributed by atoms with E-state index in [0.717, 1.165) is 27.9 Å². The number of aliphatic hydroxyl groups is 14. The zero-order chi connectivity index (χ0) is 77.8. The first-order chi connectivity index (χ1) is 48.8. The number of carbonyl (C=O) groups excluding carboxylic acids is 6. The number of hydrogen-bond donors (Lipinski definition) is 14. The molecule has 0 aromatic rings. The van der Waals surface area contributed by atoms with Gasteiger partial charge in [0, 0.05) is 12.8 Å². The van der Waals surface area contributed by atoms with Crippen LogP contribution >= 0.6 is 0 Å². The third kappa shape index (κ3) is 24.6. The second-order valence-electron chi connectivity index (χ2n) is 27.9. The summed E-state index contributed by atoms with van der Waals surface area (Å²) in [5, 5.41) is 141. The highest BCUT2D eigenvalue weighted by atomic mass is 16.7. The zero-order valence-corrected chi connectivity index (χ0v) is 60.6. The second-order valence-corrected chi connectivity index (χ2v) is 27.9. The molecular formula is C74H106O30. The van der Waals surface area contributed by atoms with Gasteiger partial charge < -0.3 is 119 Å². The summed E-state index contributed by atoms with van der Waals surface area (Å²) >= 11 is 0. The number of ether oxygens (including phenoxy) is 10. The highest BCUT2D eigenvalue weighted by Gasteiger charge is 2.53. The molecule has 2 aliphatic carbocycles. The maximum atomic E-state index is 13.3. The Bertz CT molecular complexity index is 3290. The molecule has 4 aliphatic heterocycles. The van der Waals surface area contributed by atoms with Gasteiger partial charge in [-0.05, 0) is 88.5 Å². The molecule has 22 unspecified atom stereocenters. The minimum absolute atomic E-state index is 0.220. The fourth-order valence-electron chi connectivity index (χ4n) is 12.1. The van der Waals surface area contributed by atoms with E-state index < -0.39 is 222 Å². The Hall–Kier alpha value is -6.44. The van der Waals surface area contributed by atoms with E-state index in [0.29, 0.717) is 11.1 Å². The van der Waals surface area contributed by atoms with E-state index in [1.807, 2.05) is 154 Å². The van der Waals surface area contributed by atoms with E-state index in [4.69, 9.17) is 47.4 Å². The van der Waals surface area contributed by atoms with Crippen LogP contribution in [0, 0.1) is 10.8 Å². The van der Waals surface area contributed by atoms with Crippen molar-refractivity contribution in [2.75, 3.05) is 26.4 Å². The van der Waals surface area contributed by atoms with E-state index in [1.165, 1.54) is 5.57 Å². The second kappa shape index (κ2) is 40.5. The summed E-state index contributed by atoms with van der Waals surface area (Å²) in [5.74, 6) is -4.10. The van der Waals surface area contributed by atoms with Gasteiger partial charge >= 0.3 is 23.9 Å². The van der Waals surface area contributed by atoms with Crippen molar-refractivity contribution in [1.29, 1.82) is 0 Å². The first kappa shape index (κ1) is 88.2. The summed E-state index contributed by atoms with van der Waals surface area (Å²) in [5.41, 5.74) is 5.83. The van der Waals surface area contributed by atoms with Crippen LogP contribution in [-0.4, -0.2) is 268 Å². The van der Waals surface area contributed by atoms with Gasteiger partial charge in [-0.25, -0.2) is 0 Å². The summed E-state index contributed by atoms with van der Waals surface area (Å²) in [6.45, 7) is 20.2. The van der Waals surface area contributed by atoms with Crippen LogP contribution in [0.2, 0.25) is 0 Å². The molecule has 0 aromatic carbocycles. The Morgan fingerprint density at radius 3 is 1.17 bits per heavy atom. The Morgan fingerprint density at radius 2 is 0.798 bits per heavy atom. The van der Waals surface area contributed by atoms with Crippen molar-refractivity contribution in [2.45, 2.75) is 257 Å². The maximum Gasteiger partial charge on any atom is 0.307 e. The van der Waals surface area contributed by atoms with E-state index >= 15 is 0 Å². The number of esters is 4. The monoisotopic (exact) mass is 1470 g/mol. The average molecular weight is 1480 g/mol. The summed E-state index contributed by atoms with van der Waals surface area (Å²) in [7, 11) is 0. The van der Waals surface area contributed by atoms with E-state index in [1.54, 1.807) is 13.8 Å². The van der Waals surface area contributed by atoms with Gasteiger partial charge in [-0.1, -0.05) is 135 Å². The van der Waals surface area contributed by atoms with Gasteiger partial charge in [0.2, 0.25) is 0 Å². The van der Waals surface area contributed by atoms with Gasteiger partial charge in [-0.15, -0.1) is 0 Å². The zero-order valence-electron chi connectivity index (χ0n) is 60.6. The van der Waals surface area contributed by atoms with Crippen LogP contribution in [0.1, 0.15) is 122 Å². The quantitative estimate of drug-likeness (QED) is 0.0309. The van der Waals surface area contributed by atoms with Crippen molar-refractivity contribution in [3.05, 3.63) is 130 Å². The van der Waals surface area contributed by atoms with Crippen LogP contribution in [0.25, 0.3) is 0 Å². The van der Waals surface area contributed by atoms with Crippen molar-refractivity contribution in [3.63, 3.8) is 0 Å². The standard InChI is InChI=1S/C41H58O15.C33H48O15/c1-22(2)11-8-9-12-23(3)13-10-14-24(4)15-16-26-25(5)32(45)27(19-41(26,6)7)53-31(44)18-17-30(43)52-21-29-38(35(48)36(49)39(51)54-29)56-40-37(50)34(47)33(46)28(20-42)55-40;1-6-7-8-16(2)9-10-18-17(3)24(37)19(13-33(18,4)5)45-23(36)12-11-22(35)44-15-21-30(27(40)28(41)31(43)46-21)48-32-29(42)26(39)25(38)20(14-34)47-32/h8-16,27-29,33-40,42,46-51H,17-21H2,1-7H3;6-10,19-21,25-32,34,38-43H,11-15H2,1-5H3/b9-8+,13-10+,16-15+,23-12+,24-14+;7-6+,10-9+,16-8+. The van der Waals surface area contributed by atoms with E-state index in [-0.39, 0.29) is 24.4 Å². The molecule has 6 rings (SSSR count). The number of aliphatic hydroxyl groups excluding tert-OH is 14. The minimum atomic E-state index is -1.93. The van der Waals surface area contributed by atoms with Crippen molar-refractivity contribution >= 4 is 35.4 Å². The molecule has 0 spiro atoms. The van der Waals surface area contributed by atoms with Crippen molar-refractivity contribution in [3.8, 4) is 0 Å². The van der Waals surface area contributed by atoms with Crippen LogP contribution in [0.15, 0.2) is 130 Å². The number of Topliss-reactive ketones (excluding diaryl/α,β-unsaturated/α-hetero) is 2. The molecule has 22 atom stereocenters. The third-order valence-corrected chi connectivity index (χ3v) is 18.2. The predicted octanol–water partition coefficient (Wildman–Crippen LogP) is 0.928. The van der Waals surface area contributed by atoms with E-state index in [9.17, 15) is 100 Å². The molecule has 4 saturated heterocycles. The third-order valence-electron chi connectivity index (χ3n) is 18.2. The molecule has 6 aliphatic rings. The first-order valence-corrected chi connectivity index (χ1v) is 34.3. The fraction of sp³-hybridized carbons (Fsp3) is 0.622. The molecular weight excluding hydrogens is 1370 g/mol.